The minimum Gasteiger partial charge on any atom is -0.394 e. The van der Waals surface area contributed by atoms with E-state index in [1.165, 1.54) is 18.1 Å². The van der Waals surface area contributed by atoms with Crippen molar-refractivity contribution in [3.8, 4) is 0 Å². The molecule has 6 nitrogen and oxygen atoms in total. The molecular formula is C14H13N5OS. The second-order valence-corrected chi connectivity index (χ2v) is 5.37. The van der Waals surface area contributed by atoms with Gasteiger partial charge in [-0.1, -0.05) is 35.1 Å². The van der Waals surface area contributed by atoms with Crippen LogP contribution in [0.3, 0.4) is 0 Å². The predicted octanol–water partition coefficient (Wildman–Crippen LogP) is 3.25. The molecule has 106 valence electrons. The predicted molar refractivity (Wildman–Crippen MR) is 81.5 cm³/mol. The number of aromatic nitrogens is 3. The summed E-state index contributed by atoms with van der Waals surface area (Å²) in [4.78, 5) is 9.43. The molecule has 0 bridgehead atoms. The van der Waals surface area contributed by atoms with Crippen LogP contribution in [0.4, 0.5) is 17.3 Å². The van der Waals surface area contributed by atoms with E-state index in [1.54, 1.807) is 6.07 Å². The van der Waals surface area contributed by atoms with Crippen LogP contribution in [0.1, 0.15) is 5.76 Å². The largest absolute Gasteiger partial charge is 0.394 e. The number of anilines is 3. The van der Waals surface area contributed by atoms with Crippen molar-refractivity contribution in [2.45, 2.75) is 16.8 Å². The molecule has 7 heteroatoms. The Morgan fingerprint density at radius 3 is 2.71 bits per heavy atom. The van der Waals surface area contributed by atoms with E-state index in [0.717, 1.165) is 4.90 Å². The molecule has 0 radical (unpaired) electrons. The molecule has 0 amide bonds. The van der Waals surface area contributed by atoms with Crippen molar-refractivity contribution in [1.29, 1.82) is 0 Å². The fourth-order valence-electron chi connectivity index (χ4n) is 1.71. The van der Waals surface area contributed by atoms with Crippen LogP contribution in [-0.4, -0.2) is 15.1 Å². The molecule has 1 aromatic carbocycles. The lowest BCUT2D eigenvalue weighted by Crippen LogP contribution is -2.02. The van der Waals surface area contributed by atoms with E-state index in [0.29, 0.717) is 28.1 Å². The maximum atomic E-state index is 6.12. The highest BCUT2D eigenvalue weighted by molar-refractivity contribution is 7.99. The molecule has 21 heavy (non-hydrogen) atoms. The monoisotopic (exact) mass is 299 g/mol. The lowest BCUT2D eigenvalue weighted by Gasteiger charge is -2.08. The van der Waals surface area contributed by atoms with E-state index in [2.05, 4.69) is 20.4 Å². The molecule has 0 atom stereocenters. The third-order valence-electron chi connectivity index (χ3n) is 2.68. The second kappa shape index (κ2) is 5.84. The zero-order valence-corrected chi connectivity index (χ0v) is 12.1. The fraction of sp³-hybridized carbons (Fsp3) is 0.0714. The Morgan fingerprint density at radius 2 is 2.00 bits per heavy atom. The molecule has 3 aromatic rings. The summed E-state index contributed by atoms with van der Waals surface area (Å²) in [6.45, 7) is 1.82. The van der Waals surface area contributed by atoms with E-state index >= 15 is 0 Å². The fourth-order valence-corrected chi connectivity index (χ4v) is 2.53. The highest BCUT2D eigenvalue weighted by atomic mass is 32.2. The van der Waals surface area contributed by atoms with Gasteiger partial charge in [0.05, 0.1) is 0 Å². The highest BCUT2D eigenvalue weighted by Crippen LogP contribution is 2.33. The quantitative estimate of drug-likeness (QED) is 0.715. The molecule has 2 heterocycles. The number of nitrogens with two attached hydrogens (primary N) is 1. The second-order valence-electron chi connectivity index (χ2n) is 4.30. The van der Waals surface area contributed by atoms with Crippen LogP contribution < -0.4 is 11.1 Å². The number of benzene rings is 1. The molecular weight excluding hydrogens is 286 g/mol. The maximum Gasteiger partial charge on any atom is 0.175 e. The van der Waals surface area contributed by atoms with E-state index < -0.39 is 0 Å². The summed E-state index contributed by atoms with van der Waals surface area (Å²) in [7, 11) is 0. The van der Waals surface area contributed by atoms with Crippen LogP contribution in [0.5, 0.6) is 0 Å². The molecule has 0 spiro atoms. The summed E-state index contributed by atoms with van der Waals surface area (Å²) in [5, 5.41) is 7.58. The van der Waals surface area contributed by atoms with E-state index in [4.69, 9.17) is 10.3 Å². The number of hydrogen-bond acceptors (Lipinski definition) is 7. The minimum absolute atomic E-state index is 0.479. The number of aryl methyl sites for hydroxylation is 1. The summed E-state index contributed by atoms with van der Waals surface area (Å²) in [6, 6.07) is 11.7. The van der Waals surface area contributed by atoms with Gasteiger partial charge < -0.3 is 15.6 Å². The van der Waals surface area contributed by atoms with Crippen molar-refractivity contribution >= 4 is 29.1 Å². The molecule has 3 rings (SSSR count). The number of nitrogens with one attached hydrogen (secondary N) is 1. The van der Waals surface area contributed by atoms with Gasteiger partial charge in [0.2, 0.25) is 0 Å². The van der Waals surface area contributed by atoms with Crippen LogP contribution in [0.15, 0.2) is 57.2 Å². The van der Waals surface area contributed by atoms with E-state index in [9.17, 15) is 0 Å². The SMILES string of the molecule is Cc1cc(Nc2ncnc(Sc3ccccc3)c2N)no1. The first kappa shape index (κ1) is 13.4. The summed E-state index contributed by atoms with van der Waals surface area (Å²) >= 11 is 1.48. The molecule has 0 aliphatic rings. The minimum atomic E-state index is 0.479. The Kier molecular flexibility index (Phi) is 3.74. The van der Waals surface area contributed by atoms with Crippen LogP contribution in [0.25, 0.3) is 0 Å². The van der Waals surface area contributed by atoms with Crippen molar-refractivity contribution in [2.24, 2.45) is 0 Å². The molecule has 2 aromatic heterocycles. The van der Waals surface area contributed by atoms with Crippen LogP contribution in [-0.2, 0) is 0 Å². The van der Waals surface area contributed by atoms with Gasteiger partial charge in [0.25, 0.3) is 0 Å². The van der Waals surface area contributed by atoms with Gasteiger partial charge in [-0.15, -0.1) is 0 Å². The first-order valence-corrected chi connectivity index (χ1v) is 7.08. The number of hydrogen-bond donors (Lipinski definition) is 2. The molecule has 0 fully saturated rings. The Labute approximate surface area is 125 Å². The first-order chi connectivity index (χ1) is 10.2. The summed E-state index contributed by atoms with van der Waals surface area (Å²) < 4.78 is 5.00. The zero-order chi connectivity index (χ0) is 14.7. The van der Waals surface area contributed by atoms with Gasteiger partial charge in [0, 0.05) is 11.0 Å². The topological polar surface area (TPSA) is 89.9 Å². The van der Waals surface area contributed by atoms with Gasteiger partial charge in [-0.3, -0.25) is 0 Å². The van der Waals surface area contributed by atoms with Crippen molar-refractivity contribution in [3.05, 3.63) is 48.5 Å². The number of nitrogens with zero attached hydrogens (tertiary/aromatic N) is 3. The van der Waals surface area contributed by atoms with Gasteiger partial charge in [0.1, 0.15) is 22.8 Å². The standard InChI is InChI=1S/C14H13N5OS/c1-9-7-11(19-20-9)18-13-12(15)14(17-8-16-13)21-10-5-3-2-4-6-10/h2-8H,15H2,1H3,(H,16,17,18,19). The zero-order valence-electron chi connectivity index (χ0n) is 11.3. The molecule has 0 saturated carbocycles. The van der Waals surface area contributed by atoms with E-state index in [-0.39, 0.29) is 0 Å². The third-order valence-corrected chi connectivity index (χ3v) is 3.71. The average Bonchev–Trinajstić information content (AvgIpc) is 2.90. The van der Waals surface area contributed by atoms with Crippen molar-refractivity contribution in [1.82, 2.24) is 15.1 Å². The Hall–Kier alpha value is -2.54. The lowest BCUT2D eigenvalue weighted by molar-refractivity contribution is 0.400. The summed E-state index contributed by atoms with van der Waals surface area (Å²) in [6.07, 6.45) is 1.47. The number of nitrogen functional groups attached to an aromatic ring is 1. The third kappa shape index (κ3) is 3.14. The lowest BCUT2D eigenvalue weighted by atomic mass is 10.4. The molecule has 0 aliphatic carbocycles. The summed E-state index contributed by atoms with van der Waals surface area (Å²) in [5.74, 6) is 1.79. The van der Waals surface area contributed by atoms with Gasteiger partial charge >= 0.3 is 0 Å². The van der Waals surface area contributed by atoms with Gasteiger partial charge in [-0.25, -0.2) is 9.97 Å². The van der Waals surface area contributed by atoms with Crippen molar-refractivity contribution in [2.75, 3.05) is 11.1 Å². The van der Waals surface area contributed by atoms with Gasteiger partial charge in [-0.05, 0) is 19.1 Å². The first-order valence-electron chi connectivity index (χ1n) is 6.26. The van der Waals surface area contributed by atoms with Crippen molar-refractivity contribution < 1.29 is 4.52 Å². The summed E-state index contributed by atoms with van der Waals surface area (Å²) in [5.41, 5.74) is 6.60. The van der Waals surface area contributed by atoms with Crippen molar-refractivity contribution in [3.63, 3.8) is 0 Å². The highest BCUT2D eigenvalue weighted by Gasteiger charge is 2.11. The Morgan fingerprint density at radius 1 is 1.19 bits per heavy atom. The Bertz CT molecular complexity index is 744. The van der Waals surface area contributed by atoms with E-state index in [1.807, 2.05) is 37.3 Å². The molecule has 0 saturated heterocycles. The normalized spacial score (nSPS) is 10.5. The Balaban J connectivity index is 1.85. The average molecular weight is 299 g/mol. The smallest absolute Gasteiger partial charge is 0.175 e. The molecule has 0 unspecified atom stereocenters. The number of rotatable bonds is 4. The van der Waals surface area contributed by atoms with Crippen LogP contribution in [0, 0.1) is 6.92 Å². The maximum absolute atomic E-state index is 6.12. The molecule has 3 N–H and O–H groups in total. The van der Waals surface area contributed by atoms with Crippen LogP contribution in [0.2, 0.25) is 0 Å². The van der Waals surface area contributed by atoms with Gasteiger partial charge in [-0.2, -0.15) is 0 Å². The van der Waals surface area contributed by atoms with Gasteiger partial charge in [0.15, 0.2) is 11.6 Å². The van der Waals surface area contributed by atoms with Crippen LogP contribution >= 0.6 is 11.8 Å². The molecule has 0 aliphatic heterocycles.